The van der Waals surface area contributed by atoms with Crippen molar-refractivity contribution in [1.29, 1.82) is 0 Å². The van der Waals surface area contributed by atoms with E-state index in [1.807, 2.05) is 0 Å². The molecule has 0 aromatic heterocycles. The van der Waals surface area contributed by atoms with Crippen molar-refractivity contribution in [2.45, 2.75) is 51.4 Å². The van der Waals surface area contributed by atoms with E-state index in [1.165, 1.54) is 0 Å². The maximum absolute atomic E-state index is 11.3. The average molecular weight is 327 g/mol. The highest BCUT2D eigenvalue weighted by Crippen LogP contribution is 2.51. The lowest BCUT2D eigenvalue weighted by Crippen LogP contribution is -2.34. The smallest absolute Gasteiger partial charge is 0.339 e. The van der Waals surface area contributed by atoms with Crippen LogP contribution in [0, 0.1) is 0 Å². The van der Waals surface area contributed by atoms with Gasteiger partial charge in [0.2, 0.25) is 0 Å². The molecule has 104 valence electrons. The van der Waals surface area contributed by atoms with Gasteiger partial charge in [-0.3, -0.25) is 0 Å². The number of benzene rings is 1. The second-order valence-corrected chi connectivity index (χ2v) is 7.38. The van der Waals surface area contributed by atoms with Crippen LogP contribution >= 0.6 is 15.9 Å². The van der Waals surface area contributed by atoms with Gasteiger partial charge in [0.25, 0.3) is 0 Å². The van der Waals surface area contributed by atoms with Gasteiger partial charge in [0.1, 0.15) is 11.3 Å². The van der Waals surface area contributed by atoms with E-state index in [0.717, 1.165) is 24.0 Å². The Balaban J connectivity index is 2.85. The van der Waals surface area contributed by atoms with Crippen LogP contribution in [-0.4, -0.2) is 16.2 Å². The second-order valence-electron chi connectivity index (χ2n) is 6.58. The number of rotatable bonds is 1. The minimum absolute atomic E-state index is 0.0311. The molecule has 0 unspecified atom stereocenters. The van der Waals surface area contributed by atoms with Crippen LogP contribution in [0.3, 0.4) is 0 Å². The molecule has 4 heteroatoms. The van der Waals surface area contributed by atoms with Gasteiger partial charge in [0, 0.05) is 0 Å². The molecule has 0 saturated heterocycles. The Kier molecular flexibility index (Phi) is 3.21. The van der Waals surface area contributed by atoms with Gasteiger partial charge in [-0.25, -0.2) is 4.79 Å². The van der Waals surface area contributed by atoms with E-state index in [9.17, 15) is 15.0 Å². The molecule has 2 rings (SSSR count). The van der Waals surface area contributed by atoms with E-state index in [4.69, 9.17) is 0 Å². The van der Waals surface area contributed by atoms with E-state index in [2.05, 4.69) is 43.6 Å². The quantitative estimate of drug-likeness (QED) is 0.813. The maximum atomic E-state index is 11.3. The van der Waals surface area contributed by atoms with Crippen LogP contribution in [0.25, 0.3) is 0 Å². The number of aromatic hydroxyl groups is 1. The van der Waals surface area contributed by atoms with E-state index in [-0.39, 0.29) is 22.1 Å². The summed E-state index contributed by atoms with van der Waals surface area (Å²) in [4.78, 5) is 11.3. The number of carboxylic acid groups (broad SMARTS) is 1. The number of hydrogen-bond donors (Lipinski definition) is 2. The van der Waals surface area contributed by atoms with Crippen molar-refractivity contribution < 1.29 is 15.0 Å². The van der Waals surface area contributed by atoms with Crippen molar-refractivity contribution in [2.24, 2.45) is 0 Å². The van der Waals surface area contributed by atoms with Crippen LogP contribution < -0.4 is 0 Å². The van der Waals surface area contributed by atoms with Crippen LogP contribution in [0.1, 0.15) is 62.0 Å². The SMILES string of the molecule is CC1(C)CCC(C)(C)c2c1cc(C(=O)O)c(O)c2Br. The predicted molar refractivity (Wildman–Crippen MR) is 78.1 cm³/mol. The van der Waals surface area contributed by atoms with E-state index < -0.39 is 5.97 Å². The molecule has 0 aliphatic heterocycles. The van der Waals surface area contributed by atoms with Gasteiger partial charge in [0.15, 0.2) is 0 Å². The molecular weight excluding hydrogens is 308 g/mol. The first-order valence-corrected chi connectivity index (χ1v) is 7.17. The Labute approximate surface area is 121 Å². The summed E-state index contributed by atoms with van der Waals surface area (Å²) >= 11 is 3.40. The maximum Gasteiger partial charge on any atom is 0.339 e. The molecule has 0 saturated carbocycles. The molecule has 1 aliphatic carbocycles. The molecule has 1 aromatic carbocycles. The van der Waals surface area contributed by atoms with Crippen LogP contribution in [-0.2, 0) is 10.8 Å². The molecule has 2 N–H and O–H groups in total. The molecule has 0 bridgehead atoms. The van der Waals surface area contributed by atoms with Crippen LogP contribution in [0.2, 0.25) is 0 Å². The fourth-order valence-corrected chi connectivity index (χ4v) is 3.85. The number of carbonyl (C=O) groups is 1. The van der Waals surface area contributed by atoms with Crippen molar-refractivity contribution in [3.8, 4) is 5.75 Å². The van der Waals surface area contributed by atoms with Crippen LogP contribution in [0.5, 0.6) is 5.75 Å². The fourth-order valence-electron chi connectivity index (χ4n) is 2.88. The average Bonchev–Trinajstić information content (AvgIpc) is 2.27. The fraction of sp³-hybridized carbons (Fsp3) is 0.533. The normalized spacial score (nSPS) is 19.8. The molecular formula is C15H19BrO3. The summed E-state index contributed by atoms with van der Waals surface area (Å²) < 4.78 is 0.528. The first-order valence-electron chi connectivity index (χ1n) is 6.37. The summed E-state index contributed by atoms with van der Waals surface area (Å²) in [6, 6.07) is 1.64. The summed E-state index contributed by atoms with van der Waals surface area (Å²) in [7, 11) is 0. The number of hydrogen-bond acceptors (Lipinski definition) is 2. The van der Waals surface area contributed by atoms with Gasteiger partial charge in [-0.05, 0) is 56.8 Å². The van der Waals surface area contributed by atoms with Gasteiger partial charge in [-0.2, -0.15) is 0 Å². The third-order valence-electron chi connectivity index (χ3n) is 4.25. The Bertz CT molecular complexity index is 559. The molecule has 0 amide bonds. The molecule has 0 radical (unpaired) electrons. The Morgan fingerprint density at radius 3 is 2.26 bits per heavy atom. The molecule has 0 atom stereocenters. The summed E-state index contributed by atoms with van der Waals surface area (Å²) in [6.07, 6.45) is 2.01. The largest absolute Gasteiger partial charge is 0.506 e. The number of aromatic carboxylic acids is 1. The molecule has 0 fully saturated rings. The minimum atomic E-state index is -1.10. The first-order chi connectivity index (χ1) is 8.58. The minimum Gasteiger partial charge on any atom is -0.506 e. The zero-order chi connectivity index (χ0) is 14.6. The van der Waals surface area contributed by atoms with E-state index >= 15 is 0 Å². The lowest BCUT2D eigenvalue weighted by atomic mass is 9.63. The van der Waals surface area contributed by atoms with E-state index in [0.29, 0.717) is 4.47 Å². The van der Waals surface area contributed by atoms with Crippen LogP contribution in [0.15, 0.2) is 10.5 Å². The number of phenols is 1. The monoisotopic (exact) mass is 326 g/mol. The van der Waals surface area contributed by atoms with Crippen molar-refractivity contribution in [2.75, 3.05) is 0 Å². The van der Waals surface area contributed by atoms with Gasteiger partial charge in [0.05, 0.1) is 4.47 Å². The standard InChI is InChI=1S/C15H19BrO3/c1-14(2)5-6-15(3,4)10-9(14)7-8(13(18)19)12(17)11(10)16/h7,17H,5-6H2,1-4H3,(H,18,19). The summed E-state index contributed by atoms with van der Waals surface area (Å²) in [5.41, 5.74) is 1.87. The summed E-state index contributed by atoms with van der Waals surface area (Å²) in [6.45, 7) is 8.50. The lowest BCUT2D eigenvalue weighted by Gasteiger charge is -2.42. The first kappa shape index (κ1) is 14.4. The number of fused-ring (bicyclic) bond motifs is 1. The van der Waals surface area contributed by atoms with Crippen molar-refractivity contribution in [1.82, 2.24) is 0 Å². The van der Waals surface area contributed by atoms with Crippen molar-refractivity contribution >= 4 is 21.9 Å². The summed E-state index contributed by atoms with van der Waals surface area (Å²) in [5, 5.41) is 19.3. The Hall–Kier alpha value is -1.03. The van der Waals surface area contributed by atoms with Gasteiger partial charge >= 0.3 is 5.97 Å². The highest BCUT2D eigenvalue weighted by Gasteiger charge is 2.40. The van der Waals surface area contributed by atoms with Gasteiger partial charge in [-0.15, -0.1) is 0 Å². The second kappa shape index (κ2) is 4.23. The topological polar surface area (TPSA) is 57.5 Å². The zero-order valence-electron chi connectivity index (χ0n) is 11.7. The molecule has 1 aromatic rings. The van der Waals surface area contributed by atoms with Crippen molar-refractivity contribution in [3.05, 3.63) is 27.2 Å². The van der Waals surface area contributed by atoms with Gasteiger partial charge in [-0.1, -0.05) is 27.7 Å². The highest BCUT2D eigenvalue weighted by atomic mass is 79.9. The molecule has 19 heavy (non-hydrogen) atoms. The summed E-state index contributed by atoms with van der Waals surface area (Å²) in [5.74, 6) is -1.27. The number of carboxylic acids is 1. The third kappa shape index (κ3) is 2.16. The highest BCUT2D eigenvalue weighted by molar-refractivity contribution is 9.10. The zero-order valence-corrected chi connectivity index (χ0v) is 13.3. The van der Waals surface area contributed by atoms with Gasteiger partial charge < -0.3 is 10.2 Å². The molecule has 0 spiro atoms. The third-order valence-corrected chi connectivity index (χ3v) is 5.02. The molecule has 3 nitrogen and oxygen atoms in total. The molecule has 1 aliphatic rings. The lowest BCUT2D eigenvalue weighted by molar-refractivity contribution is 0.0693. The Morgan fingerprint density at radius 1 is 1.21 bits per heavy atom. The van der Waals surface area contributed by atoms with E-state index in [1.54, 1.807) is 6.07 Å². The van der Waals surface area contributed by atoms with Crippen LogP contribution in [0.4, 0.5) is 0 Å². The van der Waals surface area contributed by atoms with Crippen molar-refractivity contribution in [3.63, 3.8) is 0 Å². The number of halogens is 1. The molecule has 0 heterocycles. The Morgan fingerprint density at radius 2 is 1.74 bits per heavy atom. The predicted octanol–water partition coefficient (Wildman–Crippen LogP) is 4.20.